The number of likely N-dealkylation sites (tertiary alicyclic amines) is 1. The van der Waals surface area contributed by atoms with Gasteiger partial charge in [0.15, 0.2) is 0 Å². The number of hydrogen-bond acceptors (Lipinski definition) is 3. The number of carbonyl (C=O) groups is 2. The minimum atomic E-state index is -0.213. The van der Waals surface area contributed by atoms with Crippen molar-refractivity contribution < 1.29 is 14.3 Å². The SMILES string of the molecule is CN1C[C@H](C(=O)NC[C@H]2CCO[C@@H]2c2ccccc2)CC1=O. The first-order valence-corrected chi connectivity index (χ1v) is 7.83. The van der Waals surface area contributed by atoms with Crippen molar-refractivity contribution in [2.45, 2.75) is 18.9 Å². The Kier molecular flexibility index (Phi) is 4.43. The monoisotopic (exact) mass is 302 g/mol. The van der Waals surface area contributed by atoms with E-state index in [1.54, 1.807) is 11.9 Å². The minimum absolute atomic E-state index is 0.0172. The van der Waals surface area contributed by atoms with Crippen LogP contribution in [0.15, 0.2) is 30.3 Å². The van der Waals surface area contributed by atoms with Gasteiger partial charge < -0.3 is 15.0 Å². The lowest BCUT2D eigenvalue weighted by Gasteiger charge is -2.20. The van der Waals surface area contributed by atoms with Gasteiger partial charge >= 0.3 is 0 Å². The molecule has 1 aromatic carbocycles. The van der Waals surface area contributed by atoms with E-state index in [9.17, 15) is 9.59 Å². The molecule has 22 heavy (non-hydrogen) atoms. The number of rotatable bonds is 4. The Bertz CT molecular complexity index is 546. The lowest BCUT2D eigenvalue weighted by atomic mass is 9.95. The third-order valence-electron chi connectivity index (χ3n) is 4.59. The highest BCUT2D eigenvalue weighted by atomic mass is 16.5. The summed E-state index contributed by atoms with van der Waals surface area (Å²) in [6.45, 7) is 1.85. The van der Waals surface area contributed by atoms with Crippen molar-refractivity contribution in [3.05, 3.63) is 35.9 Å². The van der Waals surface area contributed by atoms with Crippen LogP contribution in [-0.4, -0.2) is 43.5 Å². The number of ether oxygens (including phenoxy) is 1. The van der Waals surface area contributed by atoms with Gasteiger partial charge in [-0.3, -0.25) is 9.59 Å². The molecular formula is C17H22N2O3. The van der Waals surface area contributed by atoms with Gasteiger partial charge in [0.2, 0.25) is 11.8 Å². The zero-order valence-corrected chi connectivity index (χ0v) is 12.8. The normalized spacial score (nSPS) is 28.1. The summed E-state index contributed by atoms with van der Waals surface area (Å²) < 4.78 is 5.83. The molecule has 2 amide bonds. The van der Waals surface area contributed by atoms with Crippen LogP contribution in [-0.2, 0) is 14.3 Å². The van der Waals surface area contributed by atoms with Gasteiger partial charge in [-0.25, -0.2) is 0 Å². The maximum absolute atomic E-state index is 12.2. The molecule has 2 aliphatic heterocycles. The molecule has 2 heterocycles. The molecule has 3 rings (SSSR count). The molecule has 1 N–H and O–H groups in total. The molecule has 2 fully saturated rings. The van der Waals surface area contributed by atoms with Crippen molar-refractivity contribution in [1.29, 1.82) is 0 Å². The van der Waals surface area contributed by atoms with E-state index in [0.29, 0.717) is 25.4 Å². The van der Waals surface area contributed by atoms with E-state index in [1.807, 2.05) is 18.2 Å². The number of carbonyl (C=O) groups excluding carboxylic acids is 2. The van der Waals surface area contributed by atoms with E-state index >= 15 is 0 Å². The first-order valence-electron chi connectivity index (χ1n) is 7.83. The number of hydrogen-bond donors (Lipinski definition) is 1. The Hall–Kier alpha value is -1.88. The van der Waals surface area contributed by atoms with Gasteiger partial charge in [-0.2, -0.15) is 0 Å². The molecule has 0 bridgehead atoms. The predicted octanol–water partition coefficient (Wildman–Crippen LogP) is 1.36. The summed E-state index contributed by atoms with van der Waals surface area (Å²) in [5.41, 5.74) is 1.16. The summed E-state index contributed by atoms with van der Waals surface area (Å²) in [5.74, 6) is 0.110. The molecule has 0 unspecified atom stereocenters. The molecule has 1 aromatic rings. The fraction of sp³-hybridized carbons (Fsp3) is 0.529. The second-order valence-electron chi connectivity index (χ2n) is 6.17. The van der Waals surface area contributed by atoms with Crippen molar-refractivity contribution >= 4 is 11.8 Å². The standard InChI is InChI=1S/C17H22N2O3/c1-19-11-14(9-15(19)20)17(21)18-10-13-7-8-22-16(13)12-5-3-2-4-6-12/h2-6,13-14,16H,7-11H2,1H3,(H,18,21)/t13-,14-,16-/m1/s1. The van der Waals surface area contributed by atoms with Crippen LogP contribution in [0.2, 0.25) is 0 Å². The Balaban J connectivity index is 1.55. The van der Waals surface area contributed by atoms with Crippen LogP contribution in [0.5, 0.6) is 0 Å². The summed E-state index contributed by atoms with van der Waals surface area (Å²) in [4.78, 5) is 25.3. The predicted molar refractivity (Wildman–Crippen MR) is 82.0 cm³/mol. The van der Waals surface area contributed by atoms with Crippen molar-refractivity contribution in [3.63, 3.8) is 0 Å². The summed E-state index contributed by atoms with van der Waals surface area (Å²) >= 11 is 0. The highest BCUT2D eigenvalue weighted by molar-refractivity contribution is 5.89. The summed E-state index contributed by atoms with van der Waals surface area (Å²) in [5, 5.41) is 3.01. The van der Waals surface area contributed by atoms with Crippen molar-refractivity contribution in [1.82, 2.24) is 10.2 Å². The van der Waals surface area contributed by atoms with Crippen LogP contribution in [0.1, 0.15) is 24.5 Å². The molecule has 0 aromatic heterocycles. The van der Waals surface area contributed by atoms with Crippen LogP contribution in [0.25, 0.3) is 0 Å². The van der Waals surface area contributed by atoms with E-state index in [2.05, 4.69) is 17.4 Å². The van der Waals surface area contributed by atoms with E-state index in [4.69, 9.17) is 4.74 Å². The second kappa shape index (κ2) is 6.48. The Morgan fingerprint density at radius 2 is 2.14 bits per heavy atom. The first kappa shape index (κ1) is 15.0. The average molecular weight is 302 g/mol. The van der Waals surface area contributed by atoms with E-state index in [0.717, 1.165) is 18.6 Å². The molecule has 0 radical (unpaired) electrons. The van der Waals surface area contributed by atoms with Gasteiger partial charge in [-0.1, -0.05) is 30.3 Å². The number of nitrogens with one attached hydrogen (secondary N) is 1. The van der Waals surface area contributed by atoms with Crippen LogP contribution in [0.4, 0.5) is 0 Å². The van der Waals surface area contributed by atoms with Crippen LogP contribution < -0.4 is 5.32 Å². The Labute approximate surface area is 130 Å². The molecule has 0 saturated carbocycles. The van der Waals surface area contributed by atoms with Crippen LogP contribution >= 0.6 is 0 Å². The number of nitrogens with zero attached hydrogens (tertiary/aromatic N) is 1. The lowest BCUT2D eigenvalue weighted by molar-refractivity contribution is -0.128. The third-order valence-corrected chi connectivity index (χ3v) is 4.59. The second-order valence-corrected chi connectivity index (χ2v) is 6.17. The molecule has 5 nitrogen and oxygen atoms in total. The smallest absolute Gasteiger partial charge is 0.225 e. The Morgan fingerprint density at radius 1 is 1.36 bits per heavy atom. The van der Waals surface area contributed by atoms with Gasteiger partial charge in [0.05, 0.1) is 12.0 Å². The van der Waals surface area contributed by atoms with E-state index in [-0.39, 0.29) is 23.8 Å². The zero-order valence-electron chi connectivity index (χ0n) is 12.8. The molecule has 118 valence electrons. The van der Waals surface area contributed by atoms with Gasteiger partial charge in [0.1, 0.15) is 0 Å². The first-order chi connectivity index (χ1) is 10.6. The summed E-state index contributed by atoms with van der Waals surface area (Å²) in [6.07, 6.45) is 1.32. The molecule has 0 aliphatic carbocycles. The lowest BCUT2D eigenvalue weighted by Crippen LogP contribution is -2.36. The third kappa shape index (κ3) is 3.14. The highest BCUT2D eigenvalue weighted by Gasteiger charge is 2.34. The fourth-order valence-electron chi connectivity index (χ4n) is 3.27. The fourth-order valence-corrected chi connectivity index (χ4v) is 3.27. The van der Waals surface area contributed by atoms with Gasteiger partial charge in [0, 0.05) is 39.1 Å². The number of benzene rings is 1. The Morgan fingerprint density at radius 3 is 2.82 bits per heavy atom. The molecule has 5 heteroatoms. The topological polar surface area (TPSA) is 58.6 Å². The molecular weight excluding hydrogens is 280 g/mol. The van der Waals surface area contributed by atoms with Crippen molar-refractivity contribution in [2.24, 2.45) is 11.8 Å². The van der Waals surface area contributed by atoms with Crippen molar-refractivity contribution in [2.75, 3.05) is 26.7 Å². The molecule has 3 atom stereocenters. The zero-order chi connectivity index (χ0) is 15.5. The molecule has 2 saturated heterocycles. The van der Waals surface area contributed by atoms with Crippen LogP contribution in [0.3, 0.4) is 0 Å². The maximum Gasteiger partial charge on any atom is 0.225 e. The van der Waals surface area contributed by atoms with Crippen LogP contribution in [0, 0.1) is 11.8 Å². The average Bonchev–Trinajstić information content (AvgIpc) is 3.13. The van der Waals surface area contributed by atoms with Crippen molar-refractivity contribution in [3.8, 4) is 0 Å². The maximum atomic E-state index is 12.2. The quantitative estimate of drug-likeness (QED) is 0.913. The highest BCUT2D eigenvalue weighted by Crippen LogP contribution is 2.34. The van der Waals surface area contributed by atoms with Gasteiger partial charge in [0.25, 0.3) is 0 Å². The largest absolute Gasteiger partial charge is 0.373 e. The van der Waals surface area contributed by atoms with E-state index < -0.39 is 0 Å². The molecule has 2 aliphatic rings. The summed E-state index contributed by atoms with van der Waals surface area (Å²) in [6, 6.07) is 10.1. The minimum Gasteiger partial charge on any atom is -0.373 e. The van der Waals surface area contributed by atoms with Gasteiger partial charge in [-0.15, -0.1) is 0 Å². The molecule has 0 spiro atoms. The van der Waals surface area contributed by atoms with Gasteiger partial charge in [-0.05, 0) is 12.0 Å². The van der Waals surface area contributed by atoms with E-state index in [1.165, 1.54) is 0 Å². The number of amides is 2. The summed E-state index contributed by atoms with van der Waals surface area (Å²) in [7, 11) is 1.74.